The van der Waals surface area contributed by atoms with E-state index in [1.807, 2.05) is 13.0 Å². The molecule has 16 heavy (non-hydrogen) atoms. The minimum absolute atomic E-state index is 0.251. The zero-order valence-electron chi connectivity index (χ0n) is 10.4. The highest BCUT2D eigenvalue weighted by Crippen LogP contribution is 2.48. The van der Waals surface area contributed by atoms with Crippen molar-refractivity contribution >= 4 is 5.97 Å². The van der Waals surface area contributed by atoms with Crippen LogP contribution in [0.25, 0.3) is 0 Å². The lowest BCUT2D eigenvalue weighted by Crippen LogP contribution is -2.24. The molecule has 3 heteroatoms. The molecule has 0 aromatic rings. The first-order valence-electron chi connectivity index (χ1n) is 6.26. The third-order valence-electron chi connectivity index (χ3n) is 3.04. The van der Waals surface area contributed by atoms with Crippen LogP contribution in [0, 0.1) is 5.41 Å². The Kier molecular flexibility index (Phi) is 5.53. The third kappa shape index (κ3) is 4.79. The molecule has 0 saturated heterocycles. The Morgan fingerprint density at radius 2 is 2.19 bits per heavy atom. The number of hydrogen-bond donors (Lipinski definition) is 1. The first-order valence-corrected chi connectivity index (χ1v) is 6.26. The van der Waals surface area contributed by atoms with Gasteiger partial charge < -0.3 is 10.1 Å². The number of ether oxygens (including phenoxy) is 1. The van der Waals surface area contributed by atoms with Crippen molar-refractivity contribution in [2.45, 2.75) is 39.5 Å². The fourth-order valence-electron chi connectivity index (χ4n) is 1.99. The van der Waals surface area contributed by atoms with E-state index in [4.69, 9.17) is 4.74 Å². The van der Waals surface area contributed by atoms with Crippen LogP contribution in [0.3, 0.4) is 0 Å². The maximum absolute atomic E-state index is 11.0. The molecule has 0 spiro atoms. The highest BCUT2D eigenvalue weighted by molar-refractivity contribution is 5.81. The maximum atomic E-state index is 11.0. The van der Waals surface area contributed by atoms with Gasteiger partial charge in [0.15, 0.2) is 0 Å². The minimum atomic E-state index is -0.251. The van der Waals surface area contributed by atoms with Gasteiger partial charge in [-0.1, -0.05) is 19.4 Å². The lowest BCUT2D eigenvalue weighted by molar-refractivity contribution is -0.137. The van der Waals surface area contributed by atoms with E-state index in [-0.39, 0.29) is 5.97 Å². The van der Waals surface area contributed by atoms with Crippen LogP contribution in [0.1, 0.15) is 39.5 Å². The van der Waals surface area contributed by atoms with Crippen molar-refractivity contribution in [1.82, 2.24) is 5.32 Å². The van der Waals surface area contributed by atoms with Gasteiger partial charge in [-0.05, 0) is 31.6 Å². The maximum Gasteiger partial charge on any atom is 0.330 e. The minimum Gasteiger partial charge on any atom is -0.463 e. The third-order valence-corrected chi connectivity index (χ3v) is 3.04. The van der Waals surface area contributed by atoms with Crippen molar-refractivity contribution in [3.05, 3.63) is 12.2 Å². The van der Waals surface area contributed by atoms with Gasteiger partial charge in [-0.25, -0.2) is 4.79 Å². The van der Waals surface area contributed by atoms with E-state index in [0.29, 0.717) is 12.0 Å². The molecule has 0 amide bonds. The molecule has 1 aliphatic rings. The second kappa shape index (κ2) is 6.69. The molecular formula is C13H23NO2. The summed E-state index contributed by atoms with van der Waals surface area (Å²) in [6.45, 7) is 6.32. The largest absolute Gasteiger partial charge is 0.463 e. The molecule has 0 atom stereocenters. The summed E-state index contributed by atoms with van der Waals surface area (Å²) in [5.74, 6) is -0.251. The fourth-order valence-corrected chi connectivity index (χ4v) is 1.99. The number of hydrogen-bond acceptors (Lipinski definition) is 3. The van der Waals surface area contributed by atoms with E-state index in [1.54, 1.807) is 0 Å². The molecule has 1 rings (SSSR count). The van der Waals surface area contributed by atoms with Crippen LogP contribution < -0.4 is 5.32 Å². The predicted octanol–water partition coefficient (Wildman–Crippen LogP) is 2.28. The normalized spacial score (nSPS) is 17.6. The Morgan fingerprint density at radius 3 is 2.75 bits per heavy atom. The van der Waals surface area contributed by atoms with Crippen LogP contribution in [0.5, 0.6) is 0 Å². The van der Waals surface area contributed by atoms with Crippen molar-refractivity contribution in [1.29, 1.82) is 0 Å². The van der Waals surface area contributed by atoms with Gasteiger partial charge in [-0.2, -0.15) is 0 Å². The average molecular weight is 225 g/mol. The molecule has 1 aliphatic carbocycles. The number of rotatable bonds is 8. The number of nitrogens with one attached hydrogen (secondary N) is 1. The molecular weight excluding hydrogens is 202 g/mol. The average Bonchev–Trinajstić information content (AvgIpc) is 2.99. The van der Waals surface area contributed by atoms with E-state index in [1.165, 1.54) is 31.8 Å². The lowest BCUT2D eigenvalue weighted by Gasteiger charge is -2.13. The molecule has 3 nitrogen and oxygen atoms in total. The molecule has 0 aromatic carbocycles. The molecule has 1 fully saturated rings. The summed E-state index contributed by atoms with van der Waals surface area (Å²) < 4.78 is 4.79. The zero-order chi connectivity index (χ0) is 11.9. The quantitative estimate of drug-likeness (QED) is 0.391. The van der Waals surface area contributed by atoms with Gasteiger partial charge in [-0.3, -0.25) is 0 Å². The fraction of sp³-hybridized carbons (Fsp3) is 0.769. The first kappa shape index (κ1) is 13.2. The van der Waals surface area contributed by atoms with Gasteiger partial charge in [0.2, 0.25) is 0 Å². The van der Waals surface area contributed by atoms with E-state index in [9.17, 15) is 4.79 Å². The molecule has 0 heterocycles. The SMILES string of the molecule is CCCC1(CNC/C=C/C(=O)OCC)CC1. The summed E-state index contributed by atoms with van der Waals surface area (Å²) in [7, 11) is 0. The predicted molar refractivity (Wildman–Crippen MR) is 65.2 cm³/mol. The van der Waals surface area contributed by atoms with Gasteiger partial charge in [0.25, 0.3) is 0 Å². The highest BCUT2D eigenvalue weighted by Gasteiger charge is 2.40. The van der Waals surface area contributed by atoms with Gasteiger partial charge in [-0.15, -0.1) is 0 Å². The van der Waals surface area contributed by atoms with E-state index < -0.39 is 0 Å². The van der Waals surface area contributed by atoms with Crippen LogP contribution in [0.2, 0.25) is 0 Å². The molecule has 1 N–H and O–H groups in total. The number of esters is 1. The Balaban J connectivity index is 2.05. The van der Waals surface area contributed by atoms with Crippen LogP contribution in [-0.4, -0.2) is 25.7 Å². The standard InChI is InChI=1S/C13H23NO2/c1-3-7-13(8-9-13)11-14-10-5-6-12(15)16-4-2/h5-6,14H,3-4,7-11H2,1-2H3/b6-5+. The first-order chi connectivity index (χ1) is 7.72. The Bertz CT molecular complexity index is 244. The van der Waals surface area contributed by atoms with Gasteiger partial charge >= 0.3 is 5.97 Å². The topological polar surface area (TPSA) is 38.3 Å². The lowest BCUT2D eigenvalue weighted by atomic mass is 10.0. The Hall–Kier alpha value is -0.830. The van der Waals surface area contributed by atoms with Crippen molar-refractivity contribution in [3.8, 4) is 0 Å². The second-order valence-corrected chi connectivity index (χ2v) is 4.54. The van der Waals surface area contributed by atoms with E-state index >= 15 is 0 Å². The Labute approximate surface area is 98.2 Å². The van der Waals surface area contributed by atoms with Crippen molar-refractivity contribution < 1.29 is 9.53 Å². The van der Waals surface area contributed by atoms with Crippen LogP contribution in [0.15, 0.2) is 12.2 Å². The van der Waals surface area contributed by atoms with Crippen molar-refractivity contribution in [2.24, 2.45) is 5.41 Å². The summed E-state index contributed by atoms with van der Waals surface area (Å²) in [6.07, 6.45) is 8.63. The van der Waals surface area contributed by atoms with E-state index in [2.05, 4.69) is 12.2 Å². The molecule has 0 bridgehead atoms. The van der Waals surface area contributed by atoms with Crippen LogP contribution >= 0.6 is 0 Å². The number of carbonyl (C=O) groups excluding carboxylic acids is 1. The molecule has 92 valence electrons. The van der Waals surface area contributed by atoms with Gasteiger partial charge in [0, 0.05) is 19.2 Å². The highest BCUT2D eigenvalue weighted by atomic mass is 16.5. The molecule has 0 aromatic heterocycles. The molecule has 1 saturated carbocycles. The van der Waals surface area contributed by atoms with Crippen LogP contribution in [-0.2, 0) is 9.53 Å². The summed E-state index contributed by atoms with van der Waals surface area (Å²) in [5.41, 5.74) is 0.576. The van der Waals surface area contributed by atoms with Gasteiger partial charge in [0.05, 0.1) is 6.61 Å². The van der Waals surface area contributed by atoms with Crippen molar-refractivity contribution in [3.63, 3.8) is 0 Å². The summed E-state index contributed by atoms with van der Waals surface area (Å²) in [5, 5.41) is 3.38. The summed E-state index contributed by atoms with van der Waals surface area (Å²) >= 11 is 0. The van der Waals surface area contributed by atoms with Gasteiger partial charge in [0.1, 0.15) is 0 Å². The van der Waals surface area contributed by atoms with E-state index in [0.717, 1.165) is 13.1 Å². The molecule has 0 aliphatic heterocycles. The van der Waals surface area contributed by atoms with Crippen molar-refractivity contribution in [2.75, 3.05) is 19.7 Å². The summed E-state index contributed by atoms with van der Waals surface area (Å²) in [4.78, 5) is 11.0. The Morgan fingerprint density at radius 1 is 1.44 bits per heavy atom. The van der Waals surface area contributed by atoms with Crippen LogP contribution in [0.4, 0.5) is 0 Å². The molecule has 0 unspecified atom stereocenters. The molecule has 0 radical (unpaired) electrons. The zero-order valence-corrected chi connectivity index (χ0v) is 10.4. The second-order valence-electron chi connectivity index (χ2n) is 4.54. The summed E-state index contributed by atoms with van der Waals surface area (Å²) in [6, 6.07) is 0. The smallest absolute Gasteiger partial charge is 0.330 e. The number of carbonyl (C=O) groups is 1. The monoisotopic (exact) mass is 225 g/mol.